The average molecular weight is 301 g/mol. The van der Waals surface area contributed by atoms with Crippen molar-refractivity contribution in [2.24, 2.45) is 5.92 Å². The molecule has 0 aromatic heterocycles. The molecule has 1 aromatic carbocycles. The van der Waals surface area contributed by atoms with Crippen molar-refractivity contribution in [2.45, 2.75) is 25.7 Å². The standard InChI is InChI=1S/C17H23N3O2/c21-16(19-11-13-4-3-9-18-10-13)12-20-15-6-2-1-5-14(15)7-8-17(20)22/h1-2,5-6,13,18H,3-4,7-12H2,(H,19,21). The van der Waals surface area contributed by atoms with Gasteiger partial charge in [0.05, 0.1) is 0 Å². The molecule has 2 amide bonds. The topological polar surface area (TPSA) is 61.4 Å². The van der Waals surface area contributed by atoms with E-state index >= 15 is 0 Å². The Morgan fingerprint density at radius 2 is 2.18 bits per heavy atom. The molecule has 3 rings (SSSR count). The van der Waals surface area contributed by atoms with Gasteiger partial charge in [0.1, 0.15) is 6.54 Å². The molecule has 2 heterocycles. The van der Waals surface area contributed by atoms with E-state index in [1.54, 1.807) is 4.90 Å². The Labute approximate surface area is 131 Å². The number of hydrogen-bond acceptors (Lipinski definition) is 3. The van der Waals surface area contributed by atoms with E-state index in [0.717, 1.165) is 37.2 Å². The first-order valence-corrected chi connectivity index (χ1v) is 8.10. The first-order valence-electron chi connectivity index (χ1n) is 8.10. The predicted octanol–water partition coefficient (Wildman–Crippen LogP) is 1.08. The number of para-hydroxylation sites is 1. The fourth-order valence-electron chi connectivity index (χ4n) is 3.23. The number of piperidine rings is 1. The normalized spacial score (nSPS) is 21.4. The van der Waals surface area contributed by atoms with Crippen molar-refractivity contribution in [1.82, 2.24) is 10.6 Å². The third kappa shape index (κ3) is 3.47. The fraction of sp³-hybridized carbons (Fsp3) is 0.529. The van der Waals surface area contributed by atoms with Crippen LogP contribution in [0.15, 0.2) is 24.3 Å². The minimum absolute atomic E-state index is 0.0354. The molecule has 0 spiro atoms. The number of nitrogens with one attached hydrogen (secondary N) is 2. The van der Waals surface area contributed by atoms with Crippen molar-refractivity contribution in [3.63, 3.8) is 0 Å². The molecule has 0 bridgehead atoms. The Balaban J connectivity index is 1.57. The van der Waals surface area contributed by atoms with Crippen molar-refractivity contribution < 1.29 is 9.59 Å². The number of anilines is 1. The van der Waals surface area contributed by atoms with Gasteiger partial charge in [-0.25, -0.2) is 0 Å². The van der Waals surface area contributed by atoms with Gasteiger partial charge in [0, 0.05) is 18.7 Å². The maximum absolute atomic E-state index is 12.2. The summed E-state index contributed by atoms with van der Waals surface area (Å²) in [5, 5.41) is 6.32. The quantitative estimate of drug-likeness (QED) is 0.875. The third-order valence-corrected chi connectivity index (χ3v) is 4.48. The second-order valence-electron chi connectivity index (χ2n) is 6.13. The van der Waals surface area contributed by atoms with Crippen LogP contribution < -0.4 is 15.5 Å². The number of nitrogens with zero attached hydrogens (tertiary/aromatic N) is 1. The Morgan fingerprint density at radius 1 is 1.32 bits per heavy atom. The minimum atomic E-state index is -0.0735. The van der Waals surface area contributed by atoms with Gasteiger partial charge in [-0.2, -0.15) is 0 Å². The average Bonchev–Trinajstić information content (AvgIpc) is 2.56. The van der Waals surface area contributed by atoms with Crippen LogP contribution in [0.4, 0.5) is 5.69 Å². The van der Waals surface area contributed by atoms with Crippen LogP contribution >= 0.6 is 0 Å². The van der Waals surface area contributed by atoms with Gasteiger partial charge in [-0.05, 0) is 49.9 Å². The molecule has 0 aliphatic carbocycles. The summed E-state index contributed by atoms with van der Waals surface area (Å²) in [6.07, 6.45) is 3.56. The Kier molecular flexibility index (Phi) is 4.73. The van der Waals surface area contributed by atoms with Crippen molar-refractivity contribution in [1.29, 1.82) is 0 Å². The summed E-state index contributed by atoms with van der Waals surface area (Å²) in [5.74, 6) is 0.464. The Bertz CT molecular complexity index is 553. The largest absolute Gasteiger partial charge is 0.354 e. The van der Waals surface area contributed by atoms with Gasteiger partial charge >= 0.3 is 0 Å². The number of fused-ring (bicyclic) bond motifs is 1. The SMILES string of the molecule is O=C(CN1C(=O)CCc2ccccc21)NCC1CCCNC1. The lowest BCUT2D eigenvalue weighted by Gasteiger charge is -2.29. The number of benzene rings is 1. The summed E-state index contributed by atoms with van der Waals surface area (Å²) in [4.78, 5) is 25.9. The van der Waals surface area contributed by atoms with Gasteiger partial charge in [-0.1, -0.05) is 18.2 Å². The van der Waals surface area contributed by atoms with Crippen LogP contribution in [0, 0.1) is 5.92 Å². The molecule has 0 radical (unpaired) electrons. The van der Waals surface area contributed by atoms with Crippen LogP contribution in [-0.4, -0.2) is 38.0 Å². The summed E-state index contributed by atoms with van der Waals surface area (Å²) in [6, 6.07) is 7.84. The van der Waals surface area contributed by atoms with Gasteiger partial charge < -0.3 is 15.5 Å². The number of carbonyl (C=O) groups excluding carboxylic acids is 2. The molecule has 1 fully saturated rings. The third-order valence-electron chi connectivity index (χ3n) is 4.48. The number of amides is 2. The minimum Gasteiger partial charge on any atom is -0.354 e. The highest BCUT2D eigenvalue weighted by atomic mass is 16.2. The molecule has 1 unspecified atom stereocenters. The van der Waals surface area contributed by atoms with Crippen LogP contribution in [0.25, 0.3) is 0 Å². The predicted molar refractivity (Wildman–Crippen MR) is 85.7 cm³/mol. The van der Waals surface area contributed by atoms with Gasteiger partial charge in [0.15, 0.2) is 0 Å². The van der Waals surface area contributed by atoms with Crippen LogP contribution in [0.1, 0.15) is 24.8 Å². The maximum atomic E-state index is 12.2. The van der Waals surface area contributed by atoms with E-state index < -0.39 is 0 Å². The van der Waals surface area contributed by atoms with Crippen LogP contribution in [0.2, 0.25) is 0 Å². The summed E-state index contributed by atoms with van der Waals surface area (Å²) in [6.45, 7) is 2.85. The molecular formula is C17H23N3O2. The molecule has 2 aliphatic rings. The van der Waals surface area contributed by atoms with E-state index in [1.165, 1.54) is 6.42 Å². The lowest BCUT2D eigenvalue weighted by molar-refractivity contribution is -0.124. The molecule has 2 N–H and O–H groups in total. The second-order valence-corrected chi connectivity index (χ2v) is 6.13. The lowest BCUT2D eigenvalue weighted by atomic mass is 9.99. The number of aryl methyl sites for hydroxylation is 1. The van der Waals surface area contributed by atoms with E-state index in [-0.39, 0.29) is 18.4 Å². The zero-order chi connectivity index (χ0) is 15.4. The van der Waals surface area contributed by atoms with E-state index in [1.807, 2.05) is 24.3 Å². The lowest BCUT2D eigenvalue weighted by Crippen LogP contribution is -2.45. The fourth-order valence-corrected chi connectivity index (χ4v) is 3.23. The number of carbonyl (C=O) groups is 2. The van der Waals surface area contributed by atoms with Gasteiger partial charge in [0.25, 0.3) is 0 Å². The summed E-state index contributed by atoms with van der Waals surface area (Å²) in [7, 11) is 0. The summed E-state index contributed by atoms with van der Waals surface area (Å²) >= 11 is 0. The molecular weight excluding hydrogens is 278 g/mol. The van der Waals surface area contributed by atoms with E-state index in [9.17, 15) is 9.59 Å². The molecule has 5 nitrogen and oxygen atoms in total. The van der Waals surface area contributed by atoms with Crippen LogP contribution in [0.5, 0.6) is 0 Å². The van der Waals surface area contributed by atoms with Gasteiger partial charge in [-0.15, -0.1) is 0 Å². The molecule has 118 valence electrons. The Morgan fingerprint density at radius 3 is 3.00 bits per heavy atom. The smallest absolute Gasteiger partial charge is 0.240 e. The zero-order valence-electron chi connectivity index (χ0n) is 12.8. The molecule has 2 aliphatic heterocycles. The number of rotatable bonds is 4. The van der Waals surface area contributed by atoms with E-state index in [0.29, 0.717) is 18.9 Å². The first-order chi connectivity index (χ1) is 10.7. The molecule has 1 atom stereocenters. The summed E-state index contributed by atoms with van der Waals surface area (Å²) < 4.78 is 0. The van der Waals surface area contributed by atoms with Gasteiger partial charge in [-0.3, -0.25) is 9.59 Å². The maximum Gasteiger partial charge on any atom is 0.240 e. The molecule has 0 saturated carbocycles. The molecule has 22 heavy (non-hydrogen) atoms. The van der Waals surface area contributed by atoms with E-state index in [2.05, 4.69) is 10.6 Å². The highest BCUT2D eigenvalue weighted by molar-refractivity contribution is 6.00. The number of hydrogen-bond donors (Lipinski definition) is 2. The summed E-state index contributed by atoms with van der Waals surface area (Å²) in [5.41, 5.74) is 2.03. The van der Waals surface area contributed by atoms with Crippen molar-refractivity contribution in [3.8, 4) is 0 Å². The highest BCUT2D eigenvalue weighted by Crippen LogP contribution is 2.27. The van der Waals surface area contributed by atoms with E-state index in [4.69, 9.17) is 0 Å². The van der Waals surface area contributed by atoms with Crippen molar-refractivity contribution in [3.05, 3.63) is 29.8 Å². The Hall–Kier alpha value is -1.88. The zero-order valence-corrected chi connectivity index (χ0v) is 12.8. The molecule has 1 saturated heterocycles. The van der Waals surface area contributed by atoms with Crippen molar-refractivity contribution >= 4 is 17.5 Å². The highest BCUT2D eigenvalue weighted by Gasteiger charge is 2.25. The molecule has 1 aromatic rings. The first kappa shape index (κ1) is 15.0. The monoisotopic (exact) mass is 301 g/mol. The molecule has 5 heteroatoms. The van der Waals surface area contributed by atoms with Crippen molar-refractivity contribution in [2.75, 3.05) is 31.1 Å². The van der Waals surface area contributed by atoms with Gasteiger partial charge in [0.2, 0.25) is 11.8 Å². The second kappa shape index (κ2) is 6.92. The van der Waals surface area contributed by atoms with Crippen LogP contribution in [-0.2, 0) is 16.0 Å². The van der Waals surface area contributed by atoms with Crippen LogP contribution in [0.3, 0.4) is 0 Å².